The third-order valence-electron chi connectivity index (χ3n) is 6.77. The molecule has 0 spiro atoms. The Morgan fingerprint density at radius 2 is 1.30 bits per heavy atom. The summed E-state index contributed by atoms with van der Waals surface area (Å²) in [7, 11) is -20.9. The van der Waals surface area contributed by atoms with Gasteiger partial charge in [-0.3, -0.25) is 33.3 Å². The Bertz CT molecular complexity index is 2480. The molecule has 0 heterocycles. The van der Waals surface area contributed by atoms with Crippen LogP contribution < -0.4 is 10.0 Å². The van der Waals surface area contributed by atoms with Crippen molar-refractivity contribution in [2.45, 2.75) is 40.4 Å². The molecular weight excluding hydrogens is 707 g/mol. The Morgan fingerprint density at radius 3 is 1.85 bits per heavy atom. The second kappa shape index (κ2) is 11.9. The summed E-state index contributed by atoms with van der Waals surface area (Å²) >= 11 is 0. The topological polar surface area (TPSA) is 282 Å². The van der Waals surface area contributed by atoms with Gasteiger partial charge in [-0.15, -0.1) is 0 Å². The van der Waals surface area contributed by atoms with Crippen molar-refractivity contribution < 1.29 is 57.0 Å². The highest BCUT2D eigenvalue weighted by atomic mass is 32.2. The predicted molar refractivity (Wildman–Crippen MR) is 166 cm³/mol. The Labute approximate surface area is 267 Å². The normalized spacial score (nSPS) is 12.6. The molecule has 0 aliphatic carbocycles. The van der Waals surface area contributed by atoms with Crippen molar-refractivity contribution in [1.29, 1.82) is 0 Å². The first kappa shape index (κ1) is 35.3. The zero-order valence-corrected chi connectivity index (χ0v) is 27.4. The number of nitro benzene ring substituents is 1. The summed E-state index contributed by atoms with van der Waals surface area (Å²) < 4.78 is 131. The van der Waals surface area contributed by atoms with Crippen LogP contribution in [0.1, 0.15) is 27.0 Å². The van der Waals surface area contributed by atoms with E-state index in [4.69, 9.17) is 0 Å². The van der Waals surface area contributed by atoms with E-state index in [1.807, 2.05) is 4.72 Å². The van der Waals surface area contributed by atoms with Crippen LogP contribution in [0.2, 0.25) is 0 Å². The maximum absolute atomic E-state index is 13.8. The van der Waals surface area contributed by atoms with Gasteiger partial charge in [-0.05, 0) is 74.4 Å². The van der Waals surface area contributed by atoms with Gasteiger partial charge < -0.3 is 5.32 Å². The van der Waals surface area contributed by atoms with Gasteiger partial charge >= 0.3 is 0 Å². The smallest absolute Gasteiger partial charge is 0.295 e. The summed E-state index contributed by atoms with van der Waals surface area (Å²) in [6.07, 6.45) is 0. The van der Waals surface area contributed by atoms with E-state index in [9.17, 15) is 62.2 Å². The number of nitrogens with one attached hydrogen (secondary N) is 2. The van der Waals surface area contributed by atoms with E-state index >= 15 is 0 Å². The van der Waals surface area contributed by atoms with Crippen molar-refractivity contribution in [1.82, 2.24) is 0 Å². The number of hydrogen-bond acceptors (Lipinski definition) is 11. The zero-order chi connectivity index (χ0) is 35.4. The summed E-state index contributed by atoms with van der Waals surface area (Å²) in [5.74, 6) is -0.929. The van der Waals surface area contributed by atoms with Crippen molar-refractivity contribution in [3.63, 3.8) is 0 Å². The van der Waals surface area contributed by atoms with Gasteiger partial charge in [-0.2, -0.15) is 25.3 Å². The third kappa shape index (κ3) is 7.25. The lowest BCUT2D eigenvalue weighted by Crippen LogP contribution is -2.20. The fourth-order valence-electron chi connectivity index (χ4n) is 4.70. The van der Waals surface area contributed by atoms with Gasteiger partial charge in [-0.25, -0.2) is 8.42 Å². The van der Waals surface area contributed by atoms with Gasteiger partial charge in [0, 0.05) is 28.0 Å². The summed E-state index contributed by atoms with van der Waals surface area (Å²) in [6.45, 7) is 4.52. The van der Waals surface area contributed by atoms with E-state index in [1.165, 1.54) is 32.0 Å². The summed E-state index contributed by atoms with van der Waals surface area (Å²) in [5.41, 5.74) is -0.566. The maximum atomic E-state index is 13.8. The number of nitrogens with zero attached hydrogens (tertiary/aromatic N) is 1. The molecule has 5 N–H and O–H groups in total. The molecule has 4 aromatic rings. The van der Waals surface area contributed by atoms with Crippen LogP contribution in [0.5, 0.6) is 0 Å². The Hall–Kier alpha value is -4.51. The fraction of sp³-hybridized carbons (Fsp3) is 0.115. The van der Waals surface area contributed by atoms with Gasteiger partial charge in [0.25, 0.3) is 52.0 Å². The van der Waals surface area contributed by atoms with E-state index < -0.39 is 87.2 Å². The van der Waals surface area contributed by atoms with Crippen LogP contribution >= 0.6 is 0 Å². The highest BCUT2D eigenvalue weighted by molar-refractivity contribution is 7.93. The Balaban J connectivity index is 1.93. The van der Waals surface area contributed by atoms with Crippen LogP contribution in [0.4, 0.5) is 17.1 Å². The third-order valence-corrected chi connectivity index (χ3v) is 10.8. The molecule has 0 aliphatic heterocycles. The minimum Gasteiger partial charge on any atom is -0.321 e. The van der Waals surface area contributed by atoms with Crippen LogP contribution in [0.25, 0.3) is 10.8 Å². The zero-order valence-electron chi connectivity index (χ0n) is 24.1. The molecule has 250 valence electrons. The van der Waals surface area contributed by atoms with Crippen molar-refractivity contribution in [2.75, 3.05) is 10.0 Å². The number of nitro groups is 1. The molecule has 0 aliphatic rings. The Morgan fingerprint density at radius 1 is 0.702 bits per heavy atom. The molecule has 1 amide bonds. The van der Waals surface area contributed by atoms with Gasteiger partial charge in [0.2, 0.25) is 0 Å². The largest absolute Gasteiger partial charge is 0.321 e. The van der Waals surface area contributed by atoms with Crippen molar-refractivity contribution in [2.24, 2.45) is 0 Å². The van der Waals surface area contributed by atoms with Crippen molar-refractivity contribution in [3.05, 3.63) is 87.0 Å². The first-order valence-corrected chi connectivity index (χ1v) is 18.5. The quantitative estimate of drug-likeness (QED) is 0.0937. The first-order valence-electron chi connectivity index (χ1n) is 12.7. The lowest BCUT2D eigenvalue weighted by molar-refractivity contribution is -0.385. The number of rotatable bonds is 9. The number of aryl methyl sites for hydroxylation is 3. The van der Waals surface area contributed by atoms with Gasteiger partial charge in [0.1, 0.15) is 14.7 Å². The molecule has 4 aromatic carbocycles. The number of carbonyl (C=O) groups is 1. The molecule has 0 unspecified atom stereocenters. The molecule has 0 fully saturated rings. The van der Waals surface area contributed by atoms with Crippen LogP contribution in [-0.2, 0) is 40.4 Å². The van der Waals surface area contributed by atoms with Crippen LogP contribution in [0, 0.1) is 30.9 Å². The molecule has 0 bridgehead atoms. The number of hydrogen-bond donors (Lipinski definition) is 5. The summed E-state index contributed by atoms with van der Waals surface area (Å²) in [6, 6.07) is 7.99. The number of carbonyl (C=O) groups excluding carboxylic acids is 1. The van der Waals surface area contributed by atoms with Crippen LogP contribution in [-0.4, -0.2) is 58.2 Å². The van der Waals surface area contributed by atoms with E-state index in [0.29, 0.717) is 29.3 Å². The fourth-order valence-corrected chi connectivity index (χ4v) is 7.96. The molecule has 0 atom stereocenters. The number of benzene rings is 4. The van der Waals surface area contributed by atoms with E-state index in [2.05, 4.69) is 5.32 Å². The van der Waals surface area contributed by atoms with Gasteiger partial charge in [-0.1, -0.05) is 6.07 Å². The minimum atomic E-state index is -5.49. The number of fused-ring (bicyclic) bond motifs is 1. The molecule has 0 saturated heterocycles. The average Bonchev–Trinajstić information content (AvgIpc) is 2.90. The molecule has 0 aromatic heterocycles. The Kier molecular flexibility index (Phi) is 8.98. The van der Waals surface area contributed by atoms with E-state index in [-0.39, 0.29) is 28.6 Å². The lowest BCUT2D eigenvalue weighted by Gasteiger charge is -2.18. The highest BCUT2D eigenvalue weighted by Crippen LogP contribution is 2.38. The number of amides is 1. The second-order valence-electron chi connectivity index (χ2n) is 10.2. The monoisotopic (exact) mass is 729 g/mol. The molecule has 4 rings (SSSR count). The van der Waals surface area contributed by atoms with Gasteiger partial charge in [0.05, 0.1) is 21.2 Å². The minimum absolute atomic E-state index is 0.153. The molecular formula is C26H23N3O14S4. The van der Waals surface area contributed by atoms with Crippen LogP contribution in [0.15, 0.2) is 74.2 Å². The van der Waals surface area contributed by atoms with Crippen molar-refractivity contribution >= 4 is 74.1 Å². The van der Waals surface area contributed by atoms with E-state index in [1.54, 1.807) is 6.92 Å². The molecule has 0 saturated carbocycles. The van der Waals surface area contributed by atoms with Crippen LogP contribution in [0.3, 0.4) is 0 Å². The lowest BCUT2D eigenvalue weighted by atomic mass is 10.0. The maximum Gasteiger partial charge on any atom is 0.295 e. The summed E-state index contributed by atoms with van der Waals surface area (Å²) in [5, 5.41) is 12.0. The van der Waals surface area contributed by atoms with E-state index in [0.717, 1.165) is 12.1 Å². The summed E-state index contributed by atoms with van der Waals surface area (Å²) in [4.78, 5) is 19.7. The SMILES string of the molecule is Cc1ccc(S(=O)(=O)Nc2ccc(S(=O)(=O)O)c3cc(S(=O)(=O)O)cc(S(=O)(=O)O)c23)c(NC(=O)c2cc([N+](=O)[O-])c(C)cc2C)c1. The van der Waals surface area contributed by atoms with Gasteiger partial charge in [0.15, 0.2) is 0 Å². The molecule has 0 radical (unpaired) electrons. The molecule has 47 heavy (non-hydrogen) atoms. The second-order valence-corrected chi connectivity index (χ2v) is 16.0. The standard InChI is InChI=1S/C26H23N3O14S4/c1-13-4-6-23(20(8-13)27-26(30)17-12-21(29(31)32)15(3)9-14(17)2)44(33,34)28-19-5-7-22(46(38,39)40)18-10-16(45(35,36)37)11-24(25(18)19)47(41,42)43/h4-12,28H,1-3H3,(H,27,30)(H,35,36,37)(H,38,39,40)(H,41,42,43). The molecule has 17 nitrogen and oxygen atoms in total. The number of anilines is 2. The van der Waals surface area contributed by atoms with Crippen molar-refractivity contribution in [3.8, 4) is 0 Å². The highest BCUT2D eigenvalue weighted by Gasteiger charge is 2.29. The average molecular weight is 730 g/mol. The number of sulfonamides is 1. The molecule has 21 heteroatoms. The predicted octanol–water partition coefficient (Wildman–Crippen LogP) is 3.47. The first-order chi connectivity index (χ1) is 21.4.